The van der Waals surface area contributed by atoms with E-state index in [9.17, 15) is 0 Å². The molecule has 0 aromatic carbocycles. The maximum absolute atomic E-state index is 3.30. The van der Waals surface area contributed by atoms with Crippen molar-refractivity contribution in [1.29, 1.82) is 0 Å². The number of allylic oxidation sites excluding steroid dienone is 1. The van der Waals surface area contributed by atoms with Crippen LogP contribution in [0.25, 0.3) is 0 Å². The van der Waals surface area contributed by atoms with Crippen LogP contribution in [0.1, 0.15) is 46.0 Å². The Bertz CT molecular complexity index is 533. The minimum atomic E-state index is 0.779. The zero-order chi connectivity index (χ0) is 25.3. The fourth-order valence-electron chi connectivity index (χ4n) is 4.22. The highest BCUT2D eigenvalue weighted by atomic mass is 15.2. The van der Waals surface area contributed by atoms with E-state index in [1.807, 2.05) is 0 Å². The highest BCUT2D eigenvalue weighted by Crippen LogP contribution is 2.10. The van der Waals surface area contributed by atoms with Crippen molar-refractivity contribution in [2.45, 2.75) is 52.0 Å². The number of rotatable bonds is 1. The summed E-state index contributed by atoms with van der Waals surface area (Å²) >= 11 is 0. The van der Waals surface area contributed by atoms with Gasteiger partial charge in [-0.1, -0.05) is 24.6 Å². The number of piperidine rings is 1. The van der Waals surface area contributed by atoms with E-state index in [1.54, 1.807) is 5.57 Å². The quantitative estimate of drug-likeness (QED) is 0.582. The first-order valence-electron chi connectivity index (χ1n) is 13.6. The zero-order valence-corrected chi connectivity index (χ0v) is 24.0. The first-order chi connectivity index (χ1) is 16.2. The molecule has 0 aliphatic carbocycles. The van der Waals surface area contributed by atoms with Crippen LogP contribution >= 0.6 is 0 Å². The molecule has 0 radical (unpaired) electrons. The summed E-state index contributed by atoms with van der Waals surface area (Å²) in [5.41, 5.74) is 1.54. The number of hydrogen-bond acceptors (Lipinski definition) is 6. The van der Waals surface area contributed by atoms with Gasteiger partial charge < -0.3 is 29.8 Å². The fraction of sp³-hybridized carbons (Fsp3) is 0.857. The average molecular weight is 479 g/mol. The van der Waals surface area contributed by atoms with Crippen molar-refractivity contribution in [3.05, 3.63) is 23.9 Å². The van der Waals surface area contributed by atoms with E-state index in [0.29, 0.717) is 0 Å². The van der Waals surface area contributed by atoms with Crippen LogP contribution in [0.2, 0.25) is 0 Å². The third-order valence-corrected chi connectivity index (χ3v) is 7.32. The highest BCUT2D eigenvalue weighted by molar-refractivity contribution is 5.02. The minimum absolute atomic E-state index is 0.779. The van der Waals surface area contributed by atoms with Gasteiger partial charge in [0.15, 0.2) is 0 Å². The van der Waals surface area contributed by atoms with Crippen LogP contribution in [0, 0.1) is 5.92 Å². The maximum Gasteiger partial charge on any atom is 0.0174 e. The molecule has 1 atom stereocenters. The van der Waals surface area contributed by atoms with Crippen LogP contribution in [0.5, 0.6) is 0 Å². The lowest BCUT2D eigenvalue weighted by atomic mass is 10.1. The van der Waals surface area contributed by atoms with Crippen molar-refractivity contribution < 1.29 is 0 Å². The summed E-state index contributed by atoms with van der Waals surface area (Å²) < 4.78 is 0. The lowest BCUT2D eigenvalue weighted by Crippen LogP contribution is -2.39. The van der Waals surface area contributed by atoms with E-state index >= 15 is 0 Å². The Hall–Kier alpha value is -0.920. The van der Waals surface area contributed by atoms with Gasteiger partial charge in [0.2, 0.25) is 0 Å². The van der Waals surface area contributed by atoms with Crippen LogP contribution < -0.4 is 5.32 Å². The van der Waals surface area contributed by atoms with E-state index in [1.165, 1.54) is 84.5 Å². The lowest BCUT2D eigenvalue weighted by Gasteiger charge is -2.28. The molecule has 4 aliphatic heterocycles. The van der Waals surface area contributed by atoms with Crippen molar-refractivity contribution in [3.63, 3.8) is 0 Å². The van der Waals surface area contributed by atoms with Crippen molar-refractivity contribution in [1.82, 2.24) is 29.8 Å². The van der Waals surface area contributed by atoms with Crippen LogP contribution in [0.15, 0.2) is 23.9 Å². The number of nitrogens with zero attached hydrogens (tertiary/aromatic N) is 5. The number of likely N-dealkylation sites (N-methyl/N-ethyl adjacent to an activating group) is 3. The fourth-order valence-corrected chi connectivity index (χ4v) is 4.22. The topological polar surface area (TPSA) is 28.2 Å². The van der Waals surface area contributed by atoms with Crippen molar-refractivity contribution in [3.8, 4) is 0 Å². The summed E-state index contributed by atoms with van der Waals surface area (Å²) in [7, 11) is 12.9. The molecule has 0 aromatic heterocycles. The molecule has 4 rings (SSSR count). The van der Waals surface area contributed by atoms with Crippen LogP contribution in [0.4, 0.5) is 0 Å². The van der Waals surface area contributed by atoms with Crippen molar-refractivity contribution in [2.75, 3.05) is 101 Å². The van der Waals surface area contributed by atoms with Gasteiger partial charge >= 0.3 is 0 Å². The van der Waals surface area contributed by atoms with Crippen LogP contribution in [-0.2, 0) is 0 Å². The minimum Gasteiger partial charge on any atom is -0.381 e. The SMILES string of the molecule is CC1=CCN(C)CC1.CC1C=CN(C)CC1.CN1CCCN(C)CC1.CNC1CCN(C)CC1. The molecular formula is C28H58N6. The molecule has 0 amide bonds. The molecule has 1 unspecified atom stereocenters. The molecule has 4 aliphatic rings. The van der Waals surface area contributed by atoms with Crippen LogP contribution in [-0.4, -0.2) is 132 Å². The summed E-state index contributed by atoms with van der Waals surface area (Å²) in [5, 5.41) is 3.30. The van der Waals surface area contributed by atoms with E-state index in [2.05, 4.69) is 104 Å². The molecule has 0 saturated carbocycles. The zero-order valence-electron chi connectivity index (χ0n) is 24.0. The number of likely N-dealkylation sites (tertiary alicyclic amines) is 1. The molecule has 0 bridgehead atoms. The first-order valence-corrected chi connectivity index (χ1v) is 13.6. The molecule has 6 heteroatoms. The van der Waals surface area contributed by atoms with Crippen LogP contribution in [0.3, 0.4) is 0 Å². The number of nitrogens with one attached hydrogen (secondary N) is 1. The Labute approximate surface area is 213 Å². The second-order valence-electron chi connectivity index (χ2n) is 11.0. The smallest absolute Gasteiger partial charge is 0.0174 e. The summed E-state index contributed by atoms with van der Waals surface area (Å²) in [6.07, 6.45) is 13.2. The molecule has 34 heavy (non-hydrogen) atoms. The summed E-state index contributed by atoms with van der Waals surface area (Å²) in [5.74, 6) is 0.797. The maximum atomic E-state index is 3.30. The third-order valence-electron chi connectivity index (χ3n) is 7.32. The molecular weight excluding hydrogens is 420 g/mol. The largest absolute Gasteiger partial charge is 0.381 e. The van der Waals surface area contributed by atoms with Gasteiger partial charge in [0, 0.05) is 45.8 Å². The second kappa shape index (κ2) is 18.4. The Balaban J connectivity index is 0.000000227. The molecule has 0 spiro atoms. The van der Waals surface area contributed by atoms with Gasteiger partial charge in [-0.2, -0.15) is 0 Å². The van der Waals surface area contributed by atoms with Gasteiger partial charge in [-0.3, -0.25) is 0 Å². The van der Waals surface area contributed by atoms with Gasteiger partial charge in [0.25, 0.3) is 0 Å². The van der Waals surface area contributed by atoms with E-state index in [4.69, 9.17) is 0 Å². The third kappa shape index (κ3) is 15.9. The monoisotopic (exact) mass is 478 g/mol. The van der Waals surface area contributed by atoms with Gasteiger partial charge in [-0.25, -0.2) is 0 Å². The van der Waals surface area contributed by atoms with Gasteiger partial charge in [-0.15, -0.1) is 0 Å². The molecule has 2 saturated heterocycles. The molecule has 6 nitrogen and oxygen atoms in total. The predicted octanol–water partition coefficient (Wildman–Crippen LogP) is 3.29. The van der Waals surface area contributed by atoms with E-state index < -0.39 is 0 Å². The molecule has 200 valence electrons. The molecule has 2 fully saturated rings. The van der Waals surface area contributed by atoms with Gasteiger partial charge in [0.05, 0.1) is 0 Å². The molecule has 4 heterocycles. The van der Waals surface area contributed by atoms with E-state index in [-0.39, 0.29) is 0 Å². The predicted molar refractivity (Wildman–Crippen MR) is 151 cm³/mol. The molecule has 0 aromatic rings. The van der Waals surface area contributed by atoms with E-state index in [0.717, 1.165) is 18.5 Å². The standard InChI is InChI=1S/2C7H16N2.2C7H13N/c1-8-7-3-5-9(2)6-4-7;1-8-4-3-5-9(2)7-6-8;2*1-7-3-5-8(2)6-4-7/h7-8H,3-6H2,1-2H3;3-7H2,1-2H3;3H,4-6H2,1-2H3;3,5,7H,4,6H2,1-2H3. The lowest BCUT2D eigenvalue weighted by molar-refractivity contribution is 0.240. The van der Waals surface area contributed by atoms with Crippen molar-refractivity contribution >= 4 is 0 Å². The van der Waals surface area contributed by atoms with Gasteiger partial charge in [-0.05, 0) is 113 Å². The Kier molecular flexibility index (Phi) is 16.8. The summed E-state index contributed by atoms with van der Waals surface area (Å²) in [4.78, 5) is 11.7. The normalized spacial score (nSPS) is 25.6. The second-order valence-corrected chi connectivity index (χ2v) is 11.0. The number of hydrogen-bond donors (Lipinski definition) is 1. The summed E-state index contributed by atoms with van der Waals surface area (Å²) in [6, 6.07) is 0.779. The average Bonchev–Trinajstić information content (AvgIpc) is 3.02. The van der Waals surface area contributed by atoms with Crippen molar-refractivity contribution in [2.24, 2.45) is 5.92 Å². The van der Waals surface area contributed by atoms with Gasteiger partial charge in [0.1, 0.15) is 0 Å². The Morgan fingerprint density at radius 1 is 0.735 bits per heavy atom. The highest BCUT2D eigenvalue weighted by Gasteiger charge is 2.13. The summed E-state index contributed by atoms with van der Waals surface area (Å²) in [6.45, 7) is 15.6. The Morgan fingerprint density at radius 2 is 1.32 bits per heavy atom. The Morgan fingerprint density at radius 3 is 1.74 bits per heavy atom. The first kappa shape index (κ1) is 31.1. The molecule has 1 N–H and O–H groups in total.